The molecule has 1 aliphatic rings. The van der Waals surface area contributed by atoms with Gasteiger partial charge in [0, 0.05) is 25.7 Å². The Labute approximate surface area is 127 Å². The van der Waals surface area contributed by atoms with E-state index in [1.165, 1.54) is 19.3 Å². The second-order valence-corrected chi connectivity index (χ2v) is 5.71. The largest absolute Gasteiger partial charge is 0.354 e. The molecule has 6 nitrogen and oxygen atoms in total. The summed E-state index contributed by atoms with van der Waals surface area (Å²) in [6, 6.07) is 0.402. The number of aromatic nitrogens is 3. The first-order valence-corrected chi connectivity index (χ1v) is 8.17. The number of nitrogens with one attached hydrogen (secondary N) is 2. The van der Waals surface area contributed by atoms with Crippen LogP contribution >= 0.6 is 0 Å². The SMILES string of the molecule is CCNc1nc(NC(C)CC2CC2)nc(N(CC)CC)n1. The summed E-state index contributed by atoms with van der Waals surface area (Å²) in [7, 11) is 0. The minimum atomic E-state index is 0.402. The molecule has 0 amide bonds. The molecule has 2 N–H and O–H groups in total. The van der Waals surface area contributed by atoms with Crippen molar-refractivity contribution in [2.75, 3.05) is 35.2 Å². The van der Waals surface area contributed by atoms with Crippen LogP contribution in [-0.2, 0) is 0 Å². The average Bonchev–Trinajstić information content (AvgIpc) is 3.24. The van der Waals surface area contributed by atoms with Gasteiger partial charge in [-0.25, -0.2) is 0 Å². The zero-order valence-corrected chi connectivity index (χ0v) is 13.7. The number of rotatable bonds is 9. The molecule has 0 radical (unpaired) electrons. The van der Waals surface area contributed by atoms with Crippen molar-refractivity contribution in [3.05, 3.63) is 0 Å². The predicted octanol–water partition coefficient (Wildman–Crippen LogP) is 2.75. The Kier molecular flexibility index (Phi) is 5.59. The van der Waals surface area contributed by atoms with Crippen molar-refractivity contribution in [3.8, 4) is 0 Å². The minimum Gasteiger partial charge on any atom is -0.354 e. The Morgan fingerprint density at radius 2 is 1.76 bits per heavy atom. The third-order valence-electron chi connectivity index (χ3n) is 3.76. The molecular formula is C15H28N6. The highest BCUT2D eigenvalue weighted by Crippen LogP contribution is 2.33. The van der Waals surface area contributed by atoms with E-state index < -0.39 is 0 Å². The van der Waals surface area contributed by atoms with Crippen molar-refractivity contribution < 1.29 is 0 Å². The first-order chi connectivity index (χ1) is 10.2. The van der Waals surface area contributed by atoms with Gasteiger partial charge in [-0.2, -0.15) is 15.0 Å². The van der Waals surface area contributed by atoms with E-state index >= 15 is 0 Å². The van der Waals surface area contributed by atoms with E-state index in [9.17, 15) is 0 Å². The fourth-order valence-electron chi connectivity index (χ4n) is 2.45. The van der Waals surface area contributed by atoms with Crippen LogP contribution in [0.2, 0.25) is 0 Å². The molecular weight excluding hydrogens is 264 g/mol. The van der Waals surface area contributed by atoms with E-state index in [0.29, 0.717) is 17.9 Å². The van der Waals surface area contributed by atoms with Crippen molar-refractivity contribution in [3.63, 3.8) is 0 Å². The van der Waals surface area contributed by atoms with Gasteiger partial charge in [0.25, 0.3) is 0 Å². The van der Waals surface area contributed by atoms with Crippen molar-refractivity contribution >= 4 is 17.8 Å². The highest BCUT2D eigenvalue weighted by Gasteiger charge is 2.24. The Morgan fingerprint density at radius 3 is 2.33 bits per heavy atom. The fourth-order valence-corrected chi connectivity index (χ4v) is 2.45. The van der Waals surface area contributed by atoms with E-state index in [1.807, 2.05) is 6.92 Å². The fraction of sp³-hybridized carbons (Fsp3) is 0.800. The summed E-state index contributed by atoms with van der Waals surface area (Å²) in [6.45, 7) is 11.1. The van der Waals surface area contributed by atoms with Gasteiger partial charge >= 0.3 is 0 Å². The normalized spacial score (nSPS) is 15.6. The van der Waals surface area contributed by atoms with E-state index in [4.69, 9.17) is 0 Å². The standard InChI is InChI=1S/C15H28N6/c1-5-16-13-18-14(17-11(4)10-12-8-9-12)20-15(19-13)21(6-2)7-3/h11-12H,5-10H2,1-4H3,(H2,16,17,18,19,20). The molecule has 1 saturated carbocycles. The molecule has 1 aliphatic carbocycles. The van der Waals surface area contributed by atoms with Gasteiger partial charge in [0.05, 0.1) is 0 Å². The molecule has 0 bridgehead atoms. The third-order valence-corrected chi connectivity index (χ3v) is 3.76. The van der Waals surface area contributed by atoms with Crippen LogP contribution in [0.15, 0.2) is 0 Å². The van der Waals surface area contributed by atoms with Gasteiger partial charge in [0.15, 0.2) is 0 Å². The molecule has 0 aliphatic heterocycles. The van der Waals surface area contributed by atoms with Crippen LogP contribution in [0.3, 0.4) is 0 Å². The molecule has 1 unspecified atom stereocenters. The number of hydrogen-bond donors (Lipinski definition) is 2. The predicted molar refractivity (Wildman–Crippen MR) is 88.0 cm³/mol. The first-order valence-electron chi connectivity index (χ1n) is 8.17. The van der Waals surface area contributed by atoms with E-state index in [-0.39, 0.29) is 0 Å². The van der Waals surface area contributed by atoms with Gasteiger partial charge in [-0.3, -0.25) is 0 Å². The average molecular weight is 292 g/mol. The lowest BCUT2D eigenvalue weighted by Gasteiger charge is -2.21. The van der Waals surface area contributed by atoms with Crippen molar-refractivity contribution in [2.24, 2.45) is 5.92 Å². The molecule has 1 aromatic heterocycles. The Bertz CT molecular complexity index is 442. The highest BCUT2D eigenvalue weighted by molar-refractivity contribution is 5.44. The van der Waals surface area contributed by atoms with E-state index in [1.54, 1.807) is 0 Å². The van der Waals surface area contributed by atoms with Crippen LogP contribution in [0.5, 0.6) is 0 Å². The van der Waals surface area contributed by atoms with Crippen LogP contribution in [0.25, 0.3) is 0 Å². The minimum absolute atomic E-state index is 0.402. The van der Waals surface area contributed by atoms with Gasteiger partial charge in [-0.1, -0.05) is 12.8 Å². The molecule has 0 aromatic carbocycles. The Hall–Kier alpha value is -1.59. The summed E-state index contributed by atoms with van der Waals surface area (Å²) >= 11 is 0. The maximum atomic E-state index is 4.58. The smallest absolute Gasteiger partial charge is 0.231 e. The number of nitrogens with zero attached hydrogens (tertiary/aromatic N) is 4. The molecule has 0 saturated heterocycles. The zero-order chi connectivity index (χ0) is 15.2. The molecule has 1 fully saturated rings. The lowest BCUT2D eigenvalue weighted by atomic mass is 10.2. The zero-order valence-electron chi connectivity index (χ0n) is 13.7. The quantitative estimate of drug-likeness (QED) is 0.729. The summed E-state index contributed by atoms with van der Waals surface area (Å²) in [6.07, 6.45) is 3.94. The Balaban J connectivity index is 2.13. The molecule has 1 atom stereocenters. The maximum Gasteiger partial charge on any atom is 0.231 e. The summed E-state index contributed by atoms with van der Waals surface area (Å²) in [5, 5.41) is 6.62. The second kappa shape index (κ2) is 7.43. The summed E-state index contributed by atoms with van der Waals surface area (Å²) in [5.41, 5.74) is 0. The molecule has 1 aromatic rings. The summed E-state index contributed by atoms with van der Waals surface area (Å²) < 4.78 is 0. The van der Waals surface area contributed by atoms with E-state index in [0.717, 1.165) is 31.5 Å². The topological polar surface area (TPSA) is 66.0 Å². The van der Waals surface area contributed by atoms with Gasteiger partial charge in [-0.05, 0) is 40.0 Å². The molecule has 118 valence electrons. The molecule has 21 heavy (non-hydrogen) atoms. The lowest BCUT2D eigenvalue weighted by molar-refractivity contribution is 0.636. The lowest BCUT2D eigenvalue weighted by Crippen LogP contribution is -2.26. The monoisotopic (exact) mass is 292 g/mol. The first kappa shape index (κ1) is 15.8. The van der Waals surface area contributed by atoms with Crippen LogP contribution in [0, 0.1) is 5.92 Å². The van der Waals surface area contributed by atoms with Crippen molar-refractivity contribution in [1.82, 2.24) is 15.0 Å². The molecule has 1 heterocycles. The molecule has 0 spiro atoms. The van der Waals surface area contributed by atoms with Gasteiger partial charge in [0.2, 0.25) is 17.8 Å². The number of anilines is 3. The van der Waals surface area contributed by atoms with Gasteiger partial charge in [-0.15, -0.1) is 0 Å². The van der Waals surface area contributed by atoms with Crippen LogP contribution < -0.4 is 15.5 Å². The van der Waals surface area contributed by atoms with Gasteiger partial charge < -0.3 is 15.5 Å². The van der Waals surface area contributed by atoms with E-state index in [2.05, 4.69) is 51.3 Å². The van der Waals surface area contributed by atoms with Gasteiger partial charge in [0.1, 0.15) is 0 Å². The van der Waals surface area contributed by atoms with Crippen molar-refractivity contribution in [1.29, 1.82) is 0 Å². The third kappa shape index (κ3) is 4.72. The van der Waals surface area contributed by atoms with Crippen LogP contribution in [0.1, 0.15) is 47.0 Å². The molecule has 6 heteroatoms. The number of hydrogen-bond acceptors (Lipinski definition) is 6. The Morgan fingerprint density at radius 1 is 1.10 bits per heavy atom. The van der Waals surface area contributed by atoms with Crippen LogP contribution in [0.4, 0.5) is 17.8 Å². The van der Waals surface area contributed by atoms with Crippen molar-refractivity contribution in [2.45, 2.75) is 53.0 Å². The highest BCUT2D eigenvalue weighted by atomic mass is 15.3. The van der Waals surface area contributed by atoms with Crippen LogP contribution in [-0.4, -0.2) is 40.6 Å². The second-order valence-electron chi connectivity index (χ2n) is 5.71. The maximum absolute atomic E-state index is 4.58. The summed E-state index contributed by atoms with van der Waals surface area (Å²) in [4.78, 5) is 15.7. The molecule has 2 rings (SSSR count). The summed E-state index contributed by atoms with van der Waals surface area (Å²) in [5.74, 6) is 2.96.